The van der Waals surface area contributed by atoms with Crippen LogP contribution in [0.25, 0.3) is 0 Å². The summed E-state index contributed by atoms with van der Waals surface area (Å²) in [6.45, 7) is 0. The minimum atomic E-state index is 0.740. The summed E-state index contributed by atoms with van der Waals surface area (Å²) in [5, 5.41) is 1.27. The molecule has 0 aromatic carbocycles. The lowest BCUT2D eigenvalue weighted by atomic mass is 9.60. The quantitative estimate of drug-likeness (QED) is 0.495. The van der Waals surface area contributed by atoms with Gasteiger partial charge in [-0.2, -0.15) is 0 Å². The SMILES string of the molecule is BrCC1(C2CCCCCC2)CCC1. The lowest BCUT2D eigenvalue weighted by molar-refractivity contribution is 0.0680. The topological polar surface area (TPSA) is 0 Å². The third kappa shape index (κ3) is 1.95. The number of hydrogen-bond donors (Lipinski definition) is 0. The largest absolute Gasteiger partial charge is 0.0922 e. The fraction of sp³-hybridized carbons (Fsp3) is 1.00. The fourth-order valence-corrected chi connectivity index (χ4v) is 4.19. The first-order valence-electron chi connectivity index (χ1n) is 5.93. The standard InChI is InChI=1S/C12H21Br/c13-10-12(8-5-9-12)11-6-3-1-2-4-7-11/h11H,1-10H2. The summed E-state index contributed by atoms with van der Waals surface area (Å²) in [7, 11) is 0. The third-order valence-corrected chi connectivity index (χ3v) is 5.45. The summed E-state index contributed by atoms with van der Waals surface area (Å²) in [6, 6.07) is 0. The Kier molecular flexibility index (Phi) is 3.34. The van der Waals surface area contributed by atoms with Crippen molar-refractivity contribution < 1.29 is 0 Å². The fourth-order valence-electron chi connectivity index (χ4n) is 3.17. The highest BCUT2D eigenvalue weighted by Crippen LogP contribution is 2.52. The Morgan fingerprint density at radius 3 is 1.92 bits per heavy atom. The van der Waals surface area contributed by atoms with E-state index in [0.717, 1.165) is 11.3 Å². The van der Waals surface area contributed by atoms with E-state index in [1.165, 1.54) is 63.1 Å². The van der Waals surface area contributed by atoms with Gasteiger partial charge in [0.15, 0.2) is 0 Å². The summed E-state index contributed by atoms with van der Waals surface area (Å²) < 4.78 is 0. The zero-order valence-electron chi connectivity index (χ0n) is 8.53. The Bertz CT molecular complexity index is 147. The second-order valence-electron chi connectivity index (χ2n) is 5.04. The van der Waals surface area contributed by atoms with Crippen LogP contribution in [0.3, 0.4) is 0 Å². The van der Waals surface area contributed by atoms with Crippen molar-refractivity contribution in [1.82, 2.24) is 0 Å². The van der Waals surface area contributed by atoms with Crippen LogP contribution >= 0.6 is 15.9 Å². The molecule has 2 rings (SSSR count). The van der Waals surface area contributed by atoms with E-state index in [1.54, 1.807) is 0 Å². The van der Waals surface area contributed by atoms with Gasteiger partial charge in [-0.3, -0.25) is 0 Å². The molecule has 0 bridgehead atoms. The van der Waals surface area contributed by atoms with Crippen LogP contribution in [0.4, 0.5) is 0 Å². The van der Waals surface area contributed by atoms with Crippen molar-refractivity contribution in [1.29, 1.82) is 0 Å². The van der Waals surface area contributed by atoms with Crippen LogP contribution in [-0.2, 0) is 0 Å². The Morgan fingerprint density at radius 1 is 0.923 bits per heavy atom. The highest BCUT2D eigenvalue weighted by atomic mass is 79.9. The smallest absolute Gasteiger partial charge is 0.00906 e. The Labute approximate surface area is 90.6 Å². The lowest BCUT2D eigenvalue weighted by Crippen LogP contribution is -2.38. The molecule has 0 unspecified atom stereocenters. The average Bonchev–Trinajstić information content (AvgIpc) is 2.32. The molecular weight excluding hydrogens is 224 g/mol. The number of rotatable bonds is 2. The molecule has 2 aliphatic carbocycles. The number of alkyl halides is 1. The van der Waals surface area contributed by atoms with Gasteiger partial charge in [0.25, 0.3) is 0 Å². The molecule has 2 aliphatic rings. The zero-order valence-corrected chi connectivity index (χ0v) is 10.1. The molecule has 0 amide bonds. The molecule has 1 heteroatoms. The number of halogens is 1. The molecule has 2 saturated carbocycles. The summed E-state index contributed by atoms with van der Waals surface area (Å²) >= 11 is 3.74. The Hall–Kier alpha value is 0.480. The maximum Gasteiger partial charge on any atom is 0.00906 e. The normalized spacial score (nSPS) is 29.3. The molecule has 76 valence electrons. The van der Waals surface area contributed by atoms with Gasteiger partial charge in [-0.25, -0.2) is 0 Å². The summed E-state index contributed by atoms with van der Waals surface area (Å²) in [6.07, 6.45) is 13.5. The first kappa shape index (κ1) is 10.0. The van der Waals surface area contributed by atoms with Crippen LogP contribution in [-0.4, -0.2) is 5.33 Å². The van der Waals surface area contributed by atoms with E-state index in [9.17, 15) is 0 Å². The van der Waals surface area contributed by atoms with E-state index in [2.05, 4.69) is 15.9 Å². The highest BCUT2D eigenvalue weighted by Gasteiger charge is 2.42. The summed E-state index contributed by atoms with van der Waals surface area (Å²) in [4.78, 5) is 0. The Balaban J connectivity index is 1.95. The molecule has 2 fully saturated rings. The van der Waals surface area contributed by atoms with E-state index < -0.39 is 0 Å². The van der Waals surface area contributed by atoms with Gasteiger partial charge in [0, 0.05) is 5.33 Å². The van der Waals surface area contributed by atoms with Crippen LogP contribution in [0.2, 0.25) is 0 Å². The Morgan fingerprint density at radius 2 is 1.54 bits per heavy atom. The van der Waals surface area contributed by atoms with E-state index in [0.29, 0.717) is 0 Å². The minimum absolute atomic E-state index is 0.740. The van der Waals surface area contributed by atoms with E-state index in [4.69, 9.17) is 0 Å². The second-order valence-corrected chi connectivity index (χ2v) is 5.60. The van der Waals surface area contributed by atoms with Crippen molar-refractivity contribution in [2.45, 2.75) is 57.8 Å². The molecule has 0 spiro atoms. The van der Waals surface area contributed by atoms with E-state index in [-0.39, 0.29) is 0 Å². The third-order valence-electron chi connectivity index (χ3n) is 4.34. The van der Waals surface area contributed by atoms with Crippen LogP contribution in [0.15, 0.2) is 0 Å². The monoisotopic (exact) mass is 244 g/mol. The van der Waals surface area contributed by atoms with Gasteiger partial charge in [0.05, 0.1) is 0 Å². The van der Waals surface area contributed by atoms with Gasteiger partial charge in [0.1, 0.15) is 0 Å². The molecule has 0 nitrogen and oxygen atoms in total. The molecule has 0 aromatic rings. The van der Waals surface area contributed by atoms with Gasteiger partial charge >= 0.3 is 0 Å². The molecule has 0 atom stereocenters. The molecule has 0 saturated heterocycles. The van der Waals surface area contributed by atoms with Crippen molar-refractivity contribution in [3.63, 3.8) is 0 Å². The van der Waals surface area contributed by atoms with Gasteiger partial charge in [0.2, 0.25) is 0 Å². The molecule has 13 heavy (non-hydrogen) atoms. The van der Waals surface area contributed by atoms with Gasteiger partial charge in [-0.05, 0) is 37.0 Å². The van der Waals surface area contributed by atoms with Crippen molar-refractivity contribution in [2.75, 3.05) is 5.33 Å². The van der Waals surface area contributed by atoms with Gasteiger partial charge in [-0.15, -0.1) is 0 Å². The number of hydrogen-bond acceptors (Lipinski definition) is 0. The van der Waals surface area contributed by atoms with Crippen LogP contribution < -0.4 is 0 Å². The van der Waals surface area contributed by atoms with Gasteiger partial charge in [-0.1, -0.05) is 48.0 Å². The van der Waals surface area contributed by atoms with Crippen molar-refractivity contribution in [3.05, 3.63) is 0 Å². The first-order chi connectivity index (χ1) is 6.37. The maximum absolute atomic E-state index is 3.74. The van der Waals surface area contributed by atoms with Crippen LogP contribution in [0.5, 0.6) is 0 Å². The predicted octanol–water partition coefficient (Wildman–Crippen LogP) is 4.52. The lowest BCUT2D eigenvalue weighted by Gasteiger charge is -2.47. The molecular formula is C12H21Br. The van der Waals surface area contributed by atoms with E-state index in [1.807, 2.05) is 0 Å². The highest BCUT2D eigenvalue weighted by molar-refractivity contribution is 9.09. The molecule has 0 aromatic heterocycles. The zero-order chi connectivity index (χ0) is 9.15. The van der Waals surface area contributed by atoms with Gasteiger partial charge < -0.3 is 0 Å². The molecule has 0 N–H and O–H groups in total. The van der Waals surface area contributed by atoms with E-state index >= 15 is 0 Å². The minimum Gasteiger partial charge on any atom is -0.0922 e. The summed E-state index contributed by atoms with van der Waals surface area (Å²) in [5.74, 6) is 1.06. The molecule has 0 aliphatic heterocycles. The van der Waals surface area contributed by atoms with Crippen molar-refractivity contribution in [3.8, 4) is 0 Å². The second kappa shape index (κ2) is 4.33. The average molecular weight is 245 g/mol. The first-order valence-corrected chi connectivity index (χ1v) is 7.05. The van der Waals surface area contributed by atoms with Crippen LogP contribution in [0, 0.1) is 11.3 Å². The summed E-state index contributed by atoms with van der Waals surface area (Å²) in [5.41, 5.74) is 0.740. The predicted molar refractivity (Wildman–Crippen MR) is 61.3 cm³/mol. The maximum atomic E-state index is 3.74. The van der Waals surface area contributed by atoms with Crippen molar-refractivity contribution in [2.24, 2.45) is 11.3 Å². The van der Waals surface area contributed by atoms with Crippen LogP contribution in [0.1, 0.15) is 57.8 Å². The molecule has 0 radical (unpaired) electrons. The van der Waals surface area contributed by atoms with Crippen molar-refractivity contribution >= 4 is 15.9 Å². The molecule has 0 heterocycles.